The molecule has 0 N–H and O–H groups in total. The van der Waals surface area contributed by atoms with Gasteiger partial charge >= 0.3 is 5.97 Å². The first-order chi connectivity index (χ1) is 12.4. The third-order valence-corrected chi connectivity index (χ3v) is 4.16. The van der Waals surface area contributed by atoms with Gasteiger partial charge in [0.2, 0.25) is 0 Å². The van der Waals surface area contributed by atoms with Gasteiger partial charge in [-0.2, -0.15) is 0 Å². The van der Waals surface area contributed by atoms with Crippen LogP contribution in [0.3, 0.4) is 0 Å². The lowest BCUT2D eigenvalue weighted by molar-refractivity contribution is -0.140. The molecule has 0 radical (unpaired) electrons. The number of ether oxygens (including phenoxy) is 1. The van der Waals surface area contributed by atoms with Gasteiger partial charge in [-0.05, 0) is 19.4 Å². The van der Waals surface area contributed by atoms with E-state index in [1.54, 1.807) is 43.4 Å². The van der Waals surface area contributed by atoms with Gasteiger partial charge in [-0.25, -0.2) is 0 Å². The Balaban J connectivity index is 2.17. The number of amides is 1. The van der Waals surface area contributed by atoms with E-state index in [0.29, 0.717) is 29.7 Å². The molecule has 2 rings (SSSR count). The average Bonchev–Trinajstić information content (AvgIpc) is 2.67. The maximum Gasteiger partial charge on any atom is 0.305 e. The van der Waals surface area contributed by atoms with Crippen molar-refractivity contribution in [3.05, 3.63) is 70.8 Å². The summed E-state index contributed by atoms with van der Waals surface area (Å²) in [5, 5.41) is 0. The number of aryl methyl sites for hydroxylation is 1. The van der Waals surface area contributed by atoms with Crippen LogP contribution in [-0.2, 0) is 9.53 Å². The van der Waals surface area contributed by atoms with Crippen molar-refractivity contribution < 1.29 is 19.1 Å². The smallest absolute Gasteiger partial charge is 0.305 e. The summed E-state index contributed by atoms with van der Waals surface area (Å²) < 4.78 is 4.60. The van der Waals surface area contributed by atoms with E-state index in [2.05, 4.69) is 4.74 Å². The van der Waals surface area contributed by atoms with Crippen molar-refractivity contribution >= 4 is 17.7 Å². The molecule has 0 unspecified atom stereocenters. The predicted octanol–water partition coefficient (Wildman–Crippen LogP) is 3.25. The first-order valence-electron chi connectivity index (χ1n) is 8.46. The van der Waals surface area contributed by atoms with Crippen molar-refractivity contribution in [1.29, 1.82) is 0 Å². The molecule has 0 aliphatic carbocycles. The molecule has 26 heavy (non-hydrogen) atoms. The van der Waals surface area contributed by atoms with Crippen LogP contribution in [0.15, 0.2) is 48.5 Å². The monoisotopic (exact) mass is 353 g/mol. The lowest BCUT2D eigenvalue weighted by atomic mass is 9.97. The Labute approximate surface area is 153 Å². The van der Waals surface area contributed by atoms with Gasteiger partial charge in [-0.15, -0.1) is 0 Å². The average molecular weight is 353 g/mol. The summed E-state index contributed by atoms with van der Waals surface area (Å²) in [6, 6.07) is 14.1. The molecule has 0 fully saturated rings. The molecular formula is C21H23NO4. The van der Waals surface area contributed by atoms with Crippen LogP contribution in [0, 0.1) is 6.92 Å². The zero-order chi connectivity index (χ0) is 19.1. The summed E-state index contributed by atoms with van der Waals surface area (Å²) in [4.78, 5) is 38.3. The largest absolute Gasteiger partial charge is 0.469 e. The number of carbonyl (C=O) groups is 3. The fraction of sp³-hybridized carbons (Fsp3) is 0.286. The lowest BCUT2D eigenvalue weighted by Gasteiger charge is -2.18. The Kier molecular flexibility index (Phi) is 6.67. The molecule has 5 nitrogen and oxygen atoms in total. The van der Waals surface area contributed by atoms with E-state index in [4.69, 9.17) is 0 Å². The van der Waals surface area contributed by atoms with E-state index < -0.39 is 0 Å². The van der Waals surface area contributed by atoms with Gasteiger partial charge in [0.25, 0.3) is 5.91 Å². The highest BCUT2D eigenvalue weighted by atomic mass is 16.5. The minimum absolute atomic E-state index is 0.183. The first kappa shape index (κ1) is 19.4. The molecule has 0 aliphatic rings. The van der Waals surface area contributed by atoms with Crippen LogP contribution in [-0.4, -0.2) is 43.3 Å². The van der Waals surface area contributed by atoms with E-state index in [1.807, 2.05) is 19.1 Å². The van der Waals surface area contributed by atoms with E-state index in [1.165, 1.54) is 12.0 Å². The molecule has 0 spiro atoms. The van der Waals surface area contributed by atoms with Crippen molar-refractivity contribution in [1.82, 2.24) is 4.90 Å². The van der Waals surface area contributed by atoms with Crippen LogP contribution in [0.4, 0.5) is 0 Å². The molecule has 0 aliphatic heterocycles. The van der Waals surface area contributed by atoms with Gasteiger partial charge in [-0.3, -0.25) is 14.4 Å². The SMILES string of the molecule is COC(=O)CCCN(C)C(=O)c1ccccc1C(=O)c1ccc(C)cc1. The molecule has 0 bridgehead atoms. The van der Waals surface area contributed by atoms with E-state index in [9.17, 15) is 14.4 Å². The number of rotatable bonds is 7. The van der Waals surface area contributed by atoms with Crippen molar-refractivity contribution in [2.24, 2.45) is 0 Å². The summed E-state index contributed by atoms with van der Waals surface area (Å²) in [7, 11) is 3.00. The highest BCUT2D eigenvalue weighted by Gasteiger charge is 2.20. The maximum atomic E-state index is 12.8. The van der Waals surface area contributed by atoms with Gasteiger partial charge < -0.3 is 9.64 Å². The summed E-state index contributed by atoms with van der Waals surface area (Å²) in [6.45, 7) is 2.36. The highest BCUT2D eigenvalue weighted by Crippen LogP contribution is 2.17. The van der Waals surface area contributed by atoms with Crippen LogP contribution in [0.5, 0.6) is 0 Å². The summed E-state index contributed by atoms with van der Waals surface area (Å²) in [5.41, 5.74) is 2.35. The van der Waals surface area contributed by atoms with Crippen LogP contribution >= 0.6 is 0 Å². The van der Waals surface area contributed by atoms with Crippen molar-refractivity contribution in [3.63, 3.8) is 0 Å². The summed E-state index contributed by atoms with van der Waals surface area (Å²) >= 11 is 0. The van der Waals surface area contributed by atoms with Gasteiger partial charge in [-0.1, -0.05) is 48.0 Å². The zero-order valence-corrected chi connectivity index (χ0v) is 15.3. The maximum absolute atomic E-state index is 12.8. The summed E-state index contributed by atoms with van der Waals surface area (Å²) in [5.74, 6) is -0.733. The Hall–Kier alpha value is -2.95. The number of carbonyl (C=O) groups excluding carboxylic acids is 3. The molecule has 2 aromatic carbocycles. The number of hydrogen-bond acceptors (Lipinski definition) is 4. The van der Waals surface area contributed by atoms with Gasteiger partial charge in [0, 0.05) is 31.1 Å². The number of ketones is 1. The Morgan fingerprint density at radius 1 is 0.962 bits per heavy atom. The van der Waals surface area contributed by atoms with Crippen LogP contribution in [0.2, 0.25) is 0 Å². The van der Waals surface area contributed by atoms with Crippen molar-refractivity contribution in [3.8, 4) is 0 Å². The number of methoxy groups -OCH3 is 1. The number of esters is 1. The summed E-state index contributed by atoms with van der Waals surface area (Å²) in [6.07, 6.45) is 0.751. The Morgan fingerprint density at radius 3 is 2.19 bits per heavy atom. The normalized spacial score (nSPS) is 10.3. The number of nitrogens with zero attached hydrogens (tertiary/aromatic N) is 1. The highest BCUT2D eigenvalue weighted by molar-refractivity contribution is 6.15. The second kappa shape index (κ2) is 8.94. The minimum atomic E-state index is -0.305. The quantitative estimate of drug-likeness (QED) is 0.566. The zero-order valence-electron chi connectivity index (χ0n) is 15.3. The van der Waals surface area contributed by atoms with E-state index in [0.717, 1.165) is 5.56 Å². The predicted molar refractivity (Wildman–Crippen MR) is 99.3 cm³/mol. The molecule has 1 amide bonds. The molecule has 0 aromatic heterocycles. The topological polar surface area (TPSA) is 63.7 Å². The first-order valence-corrected chi connectivity index (χ1v) is 8.46. The third kappa shape index (κ3) is 4.79. The van der Waals surface area contributed by atoms with Gasteiger partial charge in [0.15, 0.2) is 5.78 Å². The molecule has 0 saturated carbocycles. The molecule has 0 heterocycles. The molecule has 2 aromatic rings. The fourth-order valence-electron chi connectivity index (χ4n) is 2.60. The van der Waals surface area contributed by atoms with Gasteiger partial charge in [0.1, 0.15) is 0 Å². The third-order valence-electron chi connectivity index (χ3n) is 4.16. The van der Waals surface area contributed by atoms with E-state index >= 15 is 0 Å². The Morgan fingerprint density at radius 2 is 1.58 bits per heavy atom. The molecule has 0 atom stereocenters. The Bertz CT molecular complexity index is 796. The van der Waals surface area contributed by atoms with E-state index in [-0.39, 0.29) is 24.1 Å². The molecule has 136 valence electrons. The van der Waals surface area contributed by atoms with Crippen LogP contribution < -0.4 is 0 Å². The molecular weight excluding hydrogens is 330 g/mol. The lowest BCUT2D eigenvalue weighted by Crippen LogP contribution is -2.29. The molecule has 5 heteroatoms. The second-order valence-corrected chi connectivity index (χ2v) is 6.15. The van der Waals surface area contributed by atoms with Crippen LogP contribution in [0.25, 0.3) is 0 Å². The number of benzene rings is 2. The van der Waals surface area contributed by atoms with Crippen molar-refractivity contribution in [2.45, 2.75) is 19.8 Å². The van der Waals surface area contributed by atoms with Gasteiger partial charge in [0.05, 0.1) is 12.7 Å². The molecule has 0 saturated heterocycles. The van der Waals surface area contributed by atoms with Crippen LogP contribution in [0.1, 0.15) is 44.7 Å². The van der Waals surface area contributed by atoms with Crippen molar-refractivity contribution in [2.75, 3.05) is 20.7 Å². The number of hydrogen-bond donors (Lipinski definition) is 0. The standard InChI is InChI=1S/C21H23NO4/c1-15-10-12-16(13-11-15)20(24)17-7-4-5-8-18(17)21(25)22(2)14-6-9-19(23)26-3/h4-5,7-8,10-13H,6,9,14H2,1-3H3. The minimum Gasteiger partial charge on any atom is -0.469 e. The fourth-order valence-corrected chi connectivity index (χ4v) is 2.60. The second-order valence-electron chi connectivity index (χ2n) is 6.15.